The lowest BCUT2D eigenvalue weighted by Gasteiger charge is -2.12. The number of nitrogens with zero attached hydrogens (tertiary/aromatic N) is 1. The number of ether oxygens (including phenoxy) is 1. The molecule has 3 aromatic rings. The van der Waals surface area contributed by atoms with Gasteiger partial charge in [0.15, 0.2) is 0 Å². The number of carbonyl (C=O) groups excluding carboxylic acids is 1. The zero-order valence-corrected chi connectivity index (χ0v) is 16.1. The summed E-state index contributed by atoms with van der Waals surface area (Å²) < 4.78 is 32.6. The van der Waals surface area contributed by atoms with Crippen LogP contribution < -0.4 is 14.5 Å². The number of carbonyl (C=O) groups is 1. The van der Waals surface area contributed by atoms with Crippen LogP contribution in [0.3, 0.4) is 0 Å². The largest absolute Gasteiger partial charge is 0.497 e. The fourth-order valence-corrected chi connectivity index (χ4v) is 2.89. The van der Waals surface area contributed by atoms with Crippen molar-refractivity contribution in [3.63, 3.8) is 0 Å². The second-order valence-corrected chi connectivity index (χ2v) is 6.62. The molecule has 8 heteroatoms. The van der Waals surface area contributed by atoms with Crippen LogP contribution in [0, 0.1) is 11.8 Å². The summed E-state index contributed by atoms with van der Waals surface area (Å²) in [6, 6.07) is 12.4. The molecule has 0 aliphatic rings. The van der Waals surface area contributed by atoms with E-state index in [4.69, 9.17) is 4.74 Å². The van der Waals surface area contributed by atoms with Crippen molar-refractivity contribution in [2.75, 3.05) is 12.4 Å². The summed E-state index contributed by atoms with van der Waals surface area (Å²) >= 11 is 0. The Bertz CT molecular complexity index is 1100. The van der Waals surface area contributed by atoms with Crippen molar-refractivity contribution >= 4 is 11.6 Å². The number of aryl methyl sites for hydroxylation is 1. The minimum Gasteiger partial charge on any atom is -0.497 e. The summed E-state index contributed by atoms with van der Waals surface area (Å²) in [7, 11) is 1.56. The Morgan fingerprint density at radius 1 is 1.17 bits per heavy atom. The van der Waals surface area contributed by atoms with E-state index in [2.05, 4.69) is 10.3 Å². The van der Waals surface area contributed by atoms with Crippen LogP contribution in [-0.2, 0) is 5.92 Å². The van der Waals surface area contributed by atoms with Gasteiger partial charge in [-0.3, -0.25) is 4.79 Å². The molecule has 0 spiro atoms. The first-order valence-corrected chi connectivity index (χ1v) is 8.79. The first-order valence-electron chi connectivity index (χ1n) is 8.79. The summed E-state index contributed by atoms with van der Waals surface area (Å²) in [5, 5.41) is 2.50. The molecule has 0 unspecified atom stereocenters. The van der Waals surface area contributed by atoms with Gasteiger partial charge in [-0.1, -0.05) is 12.1 Å². The van der Waals surface area contributed by atoms with Crippen molar-refractivity contribution < 1.29 is 22.7 Å². The fourth-order valence-electron chi connectivity index (χ4n) is 2.89. The molecule has 2 N–H and O–H groups in total. The van der Waals surface area contributed by atoms with Gasteiger partial charge >= 0.3 is 11.6 Å². The minimum absolute atomic E-state index is 0.157. The number of alkyl halides is 2. The molecule has 0 atom stereocenters. The van der Waals surface area contributed by atoms with Gasteiger partial charge < -0.3 is 15.0 Å². The lowest BCUT2D eigenvalue weighted by atomic mass is 10.1. The number of rotatable bonds is 5. The number of methoxy groups -OCH3 is 1. The van der Waals surface area contributed by atoms with E-state index in [1.807, 2.05) is 0 Å². The smallest absolute Gasteiger partial charge is 0.346 e. The average molecular weight is 400 g/mol. The monoisotopic (exact) mass is 400 g/mol. The molecule has 150 valence electrons. The van der Waals surface area contributed by atoms with E-state index < -0.39 is 11.8 Å². The molecule has 1 amide bonds. The molecule has 29 heavy (non-hydrogen) atoms. The second-order valence-electron chi connectivity index (χ2n) is 6.62. The van der Waals surface area contributed by atoms with Crippen LogP contribution >= 0.6 is 0 Å². The Kier molecular flexibility index (Phi) is 5.45. The Morgan fingerprint density at radius 2 is 1.86 bits per heavy atom. The predicted molar refractivity (Wildman–Crippen MR) is 105 cm³/mol. The van der Waals surface area contributed by atoms with Crippen LogP contribution in [0.4, 0.5) is 14.5 Å². The van der Waals surface area contributed by atoms with E-state index in [1.165, 1.54) is 30.5 Å². The lowest BCUT2D eigenvalue weighted by molar-refractivity contribution is -0.497. The van der Waals surface area contributed by atoms with Gasteiger partial charge in [0.2, 0.25) is 0 Å². The Labute approximate surface area is 165 Å². The number of hydrogen-bond donors (Lipinski definition) is 2. The van der Waals surface area contributed by atoms with Crippen molar-refractivity contribution in [2.45, 2.75) is 19.8 Å². The highest BCUT2D eigenvalue weighted by Gasteiger charge is 2.27. The molecule has 6 nitrogen and oxygen atoms in total. The molecule has 0 aliphatic heterocycles. The van der Waals surface area contributed by atoms with Gasteiger partial charge in [0.1, 0.15) is 11.4 Å². The van der Waals surface area contributed by atoms with Gasteiger partial charge in [-0.05, 0) is 43.3 Å². The highest BCUT2D eigenvalue weighted by Crippen LogP contribution is 2.28. The van der Waals surface area contributed by atoms with Crippen molar-refractivity contribution in [2.24, 2.45) is 0 Å². The van der Waals surface area contributed by atoms with Gasteiger partial charge in [-0.2, -0.15) is 0 Å². The standard InChI is InChI=1S/C21H19F2N3O3/c1-13-19(20(27)25-16-6-4-5-15(11-16)21(2,22)23)26(28)12-18(24-13)14-7-9-17(29-3)10-8-14/h4-12H,1-3H3,(H-,24,25,27,28)/p+1. The molecule has 3 rings (SSSR count). The molecule has 0 radical (unpaired) electrons. The van der Waals surface area contributed by atoms with Crippen molar-refractivity contribution in [3.8, 4) is 17.0 Å². The normalized spacial score (nSPS) is 11.2. The molecular weight excluding hydrogens is 380 g/mol. The van der Waals surface area contributed by atoms with E-state index in [0.29, 0.717) is 21.6 Å². The van der Waals surface area contributed by atoms with Crippen molar-refractivity contribution in [1.29, 1.82) is 0 Å². The van der Waals surface area contributed by atoms with Crippen LogP contribution in [0.15, 0.2) is 54.7 Å². The molecule has 1 aromatic heterocycles. The number of nitrogens with one attached hydrogen (secondary N) is 2. The zero-order valence-electron chi connectivity index (χ0n) is 16.1. The van der Waals surface area contributed by atoms with Crippen LogP contribution in [0.1, 0.15) is 28.7 Å². The highest BCUT2D eigenvalue weighted by molar-refractivity contribution is 6.02. The van der Waals surface area contributed by atoms with Crippen molar-refractivity contribution in [1.82, 2.24) is 4.98 Å². The number of aromatic nitrogens is 2. The number of anilines is 1. The maximum atomic E-state index is 13.5. The molecule has 0 aliphatic carbocycles. The number of halogens is 2. The Hall–Kier alpha value is -3.55. The first-order chi connectivity index (χ1) is 13.7. The van der Waals surface area contributed by atoms with Gasteiger partial charge in [0.25, 0.3) is 12.1 Å². The van der Waals surface area contributed by atoms with Gasteiger partial charge in [0.05, 0.1) is 17.2 Å². The maximum absolute atomic E-state index is 13.5. The summed E-state index contributed by atoms with van der Waals surface area (Å²) in [5.41, 5.74) is 1.38. The van der Waals surface area contributed by atoms with E-state index in [-0.39, 0.29) is 16.9 Å². The van der Waals surface area contributed by atoms with E-state index in [1.54, 1.807) is 38.3 Å². The lowest BCUT2D eigenvalue weighted by Crippen LogP contribution is -2.31. The maximum Gasteiger partial charge on any atom is 0.346 e. The Morgan fingerprint density at radius 3 is 2.45 bits per heavy atom. The summed E-state index contributed by atoms with van der Waals surface area (Å²) in [5.74, 6) is -3.06. The molecule has 0 saturated carbocycles. The van der Waals surface area contributed by atoms with E-state index in [9.17, 15) is 18.5 Å². The quantitative estimate of drug-likeness (QED) is 0.628. The van der Waals surface area contributed by atoms with Gasteiger partial charge in [0, 0.05) is 28.6 Å². The van der Waals surface area contributed by atoms with Crippen molar-refractivity contribution in [3.05, 3.63) is 76.6 Å². The first kappa shape index (κ1) is 20.2. The SMILES string of the molecule is COc1ccc(-c2c[n+](=O)c(C(=O)Nc3cccc(C(C)(F)F)c3)c(C)[nH]2)cc1. The molecule has 2 aromatic carbocycles. The number of amides is 1. The molecular formula is C21H20F2N3O3+. The van der Waals surface area contributed by atoms with Gasteiger partial charge in [-0.25, -0.2) is 8.78 Å². The number of aromatic amines is 1. The highest BCUT2D eigenvalue weighted by atomic mass is 19.3. The molecule has 0 saturated heterocycles. The number of H-pyrrole nitrogens is 1. The summed E-state index contributed by atoms with van der Waals surface area (Å²) in [6.07, 6.45) is 1.25. The Balaban J connectivity index is 1.89. The average Bonchev–Trinajstić information content (AvgIpc) is 2.67. The second kappa shape index (κ2) is 7.83. The molecule has 0 bridgehead atoms. The van der Waals surface area contributed by atoms with Crippen LogP contribution in [0.2, 0.25) is 0 Å². The van der Waals surface area contributed by atoms with Crippen LogP contribution in [0.5, 0.6) is 5.75 Å². The zero-order chi connectivity index (χ0) is 21.2. The molecule has 1 heterocycles. The molecule has 0 fully saturated rings. The summed E-state index contributed by atoms with van der Waals surface area (Å²) in [4.78, 5) is 28.1. The number of hydrogen-bond acceptors (Lipinski definition) is 3. The third-order valence-corrected chi connectivity index (χ3v) is 4.39. The predicted octanol–water partition coefficient (Wildman–Crippen LogP) is 4.28. The van der Waals surface area contributed by atoms with Gasteiger partial charge in [-0.15, -0.1) is 0 Å². The minimum atomic E-state index is -3.04. The van der Waals surface area contributed by atoms with E-state index in [0.717, 1.165) is 12.5 Å². The third kappa shape index (κ3) is 4.48. The third-order valence-electron chi connectivity index (χ3n) is 4.39. The topological polar surface area (TPSA) is 77.1 Å². The van der Waals surface area contributed by atoms with Crippen LogP contribution in [-0.4, -0.2) is 18.0 Å². The van der Waals surface area contributed by atoms with Crippen LogP contribution in [0.25, 0.3) is 11.3 Å². The summed E-state index contributed by atoms with van der Waals surface area (Å²) in [6.45, 7) is 2.36. The number of benzene rings is 2. The van der Waals surface area contributed by atoms with E-state index >= 15 is 0 Å². The fraction of sp³-hybridized carbons (Fsp3) is 0.190.